The van der Waals surface area contributed by atoms with E-state index in [-0.39, 0.29) is 21.2 Å². The van der Waals surface area contributed by atoms with Gasteiger partial charge in [0.2, 0.25) is 10.0 Å². The van der Waals surface area contributed by atoms with Gasteiger partial charge >= 0.3 is 0 Å². The van der Waals surface area contributed by atoms with E-state index < -0.39 is 20.0 Å². The maximum absolute atomic E-state index is 12.7. The predicted molar refractivity (Wildman–Crippen MR) is 107 cm³/mol. The minimum absolute atomic E-state index is 0.132. The van der Waals surface area contributed by atoms with Crippen LogP contribution in [-0.2, 0) is 20.0 Å². The highest BCUT2D eigenvalue weighted by Gasteiger charge is 2.18. The van der Waals surface area contributed by atoms with Gasteiger partial charge in [-0.2, -0.15) is 0 Å². The fourth-order valence-corrected chi connectivity index (χ4v) is 4.06. The van der Waals surface area contributed by atoms with Gasteiger partial charge in [0, 0.05) is 0 Å². The smallest absolute Gasteiger partial charge is 0.262 e. The number of anilines is 1. The van der Waals surface area contributed by atoms with Gasteiger partial charge in [0.05, 0.1) is 20.5 Å². The van der Waals surface area contributed by atoms with Crippen molar-refractivity contribution in [2.24, 2.45) is 5.14 Å². The van der Waals surface area contributed by atoms with E-state index >= 15 is 0 Å². The van der Waals surface area contributed by atoms with Crippen molar-refractivity contribution in [2.45, 2.75) is 9.79 Å². The van der Waals surface area contributed by atoms with E-state index in [0.717, 1.165) is 24.3 Å². The van der Waals surface area contributed by atoms with Crippen LogP contribution in [0.5, 0.6) is 11.5 Å². The summed E-state index contributed by atoms with van der Waals surface area (Å²) in [4.78, 5) is -0.318. The zero-order chi connectivity index (χ0) is 20.4. The van der Waals surface area contributed by atoms with Crippen molar-refractivity contribution < 1.29 is 21.6 Å². The van der Waals surface area contributed by atoms with Gasteiger partial charge < -0.3 is 4.74 Å². The lowest BCUT2D eigenvalue weighted by Gasteiger charge is -2.14. The second-order valence-corrected chi connectivity index (χ2v) is 9.30. The number of primary sulfonamides is 1. The van der Waals surface area contributed by atoms with E-state index in [1.807, 2.05) is 0 Å². The van der Waals surface area contributed by atoms with Crippen LogP contribution in [0.15, 0.2) is 82.6 Å². The number of rotatable bonds is 6. The fourth-order valence-electron chi connectivity index (χ4n) is 2.30. The van der Waals surface area contributed by atoms with Crippen molar-refractivity contribution in [1.82, 2.24) is 0 Å². The summed E-state index contributed by atoms with van der Waals surface area (Å²) in [6.45, 7) is 0. The molecule has 28 heavy (non-hydrogen) atoms. The summed E-state index contributed by atoms with van der Waals surface area (Å²) in [5, 5.41) is 5.40. The maximum atomic E-state index is 12.7. The molecule has 0 aromatic heterocycles. The molecule has 0 heterocycles. The largest absolute Gasteiger partial charge is 0.454 e. The number of nitrogens with two attached hydrogens (primary N) is 1. The van der Waals surface area contributed by atoms with E-state index in [2.05, 4.69) is 4.72 Å². The molecule has 3 aromatic rings. The standard InChI is InChI=1S/C18H15ClN2O5S2/c19-15-5-1-3-7-17(15)26-18-8-4-2-6-16(18)21-28(24,25)14-11-9-13(10-12-14)27(20,22)23/h1-12,21H,(H2,20,22,23). The van der Waals surface area contributed by atoms with Crippen LogP contribution < -0.4 is 14.6 Å². The summed E-state index contributed by atoms with van der Waals surface area (Å²) in [5.41, 5.74) is 0.193. The summed E-state index contributed by atoms with van der Waals surface area (Å²) >= 11 is 6.08. The second-order valence-electron chi connectivity index (χ2n) is 5.65. The first-order valence-corrected chi connectivity index (χ1v) is 11.2. The molecule has 0 bridgehead atoms. The molecule has 0 atom stereocenters. The van der Waals surface area contributed by atoms with Crippen LogP contribution in [0.4, 0.5) is 5.69 Å². The monoisotopic (exact) mass is 438 g/mol. The molecule has 0 aliphatic rings. The van der Waals surface area contributed by atoms with E-state index in [4.69, 9.17) is 21.5 Å². The normalized spacial score (nSPS) is 11.8. The first-order valence-electron chi connectivity index (χ1n) is 7.84. The quantitative estimate of drug-likeness (QED) is 0.610. The molecule has 0 amide bonds. The molecule has 0 fully saturated rings. The van der Waals surface area contributed by atoms with Crippen molar-refractivity contribution in [2.75, 3.05) is 4.72 Å². The third kappa shape index (κ3) is 4.63. The summed E-state index contributed by atoms with van der Waals surface area (Å²) < 4.78 is 56.1. The number of benzene rings is 3. The Bertz CT molecular complexity index is 1210. The SMILES string of the molecule is NS(=O)(=O)c1ccc(S(=O)(=O)Nc2ccccc2Oc2ccccc2Cl)cc1. The Morgan fingerprint density at radius 2 is 1.29 bits per heavy atom. The van der Waals surface area contributed by atoms with Gasteiger partial charge in [-0.3, -0.25) is 4.72 Å². The van der Waals surface area contributed by atoms with Crippen LogP contribution in [-0.4, -0.2) is 16.8 Å². The van der Waals surface area contributed by atoms with E-state index in [0.29, 0.717) is 10.8 Å². The molecule has 0 radical (unpaired) electrons. The van der Waals surface area contributed by atoms with E-state index in [1.54, 1.807) is 42.5 Å². The van der Waals surface area contributed by atoms with Crippen molar-refractivity contribution in [1.29, 1.82) is 0 Å². The Kier molecular flexibility index (Phi) is 5.61. The van der Waals surface area contributed by atoms with Crippen molar-refractivity contribution in [3.05, 3.63) is 77.8 Å². The van der Waals surface area contributed by atoms with Crippen LogP contribution >= 0.6 is 11.6 Å². The predicted octanol–water partition coefficient (Wildman–Crippen LogP) is 3.58. The van der Waals surface area contributed by atoms with Gasteiger partial charge in [-0.1, -0.05) is 35.9 Å². The van der Waals surface area contributed by atoms with Crippen LogP contribution in [0, 0.1) is 0 Å². The molecule has 0 aliphatic heterocycles. The molecule has 0 saturated heterocycles. The number of halogens is 1. The highest BCUT2D eigenvalue weighted by atomic mass is 35.5. The lowest BCUT2D eigenvalue weighted by Crippen LogP contribution is -2.15. The molecule has 7 nitrogen and oxygen atoms in total. The Morgan fingerprint density at radius 3 is 1.89 bits per heavy atom. The molecule has 146 valence electrons. The van der Waals surface area contributed by atoms with E-state index in [9.17, 15) is 16.8 Å². The average Bonchev–Trinajstić information content (AvgIpc) is 2.64. The zero-order valence-electron chi connectivity index (χ0n) is 14.2. The number of sulfonamides is 2. The van der Waals surface area contributed by atoms with Crippen LogP contribution in [0.1, 0.15) is 0 Å². The number of hydrogen-bond acceptors (Lipinski definition) is 5. The van der Waals surface area contributed by atoms with Gasteiger partial charge in [0.25, 0.3) is 10.0 Å². The Labute approximate surface area is 167 Å². The van der Waals surface area contributed by atoms with Crippen molar-refractivity contribution >= 4 is 37.3 Å². The maximum Gasteiger partial charge on any atom is 0.262 e. The molecule has 3 aromatic carbocycles. The Balaban J connectivity index is 1.90. The number of nitrogens with one attached hydrogen (secondary N) is 1. The molecule has 0 unspecified atom stereocenters. The Hall–Kier alpha value is -2.59. The summed E-state index contributed by atoms with van der Waals surface area (Å²) in [6, 6.07) is 17.8. The average molecular weight is 439 g/mol. The second kappa shape index (κ2) is 7.80. The molecule has 3 N–H and O–H groups in total. The van der Waals surface area contributed by atoms with Gasteiger partial charge in [0.15, 0.2) is 5.75 Å². The fraction of sp³-hybridized carbons (Fsp3) is 0. The summed E-state index contributed by atoms with van der Waals surface area (Å²) in [5.74, 6) is 0.619. The highest BCUT2D eigenvalue weighted by Crippen LogP contribution is 2.34. The van der Waals surface area contributed by atoms with Gasteiger partial charge in [0.1, 0.15) is 5.75 Å². The molecule has 0 aliphatic carbocycles. The van der Waals surface area contributed by atoms with Crippen molar-refractivity contribution in [3.63, 3.8) is 0 Å². The molecular weight excluding hydrogens is 424 g/mol. The van der Waals surface area contributed by atoms with Crippen molar-refractivity contribution in [3.8, 4) is 11.5 Å². The topological polar surface area (TPSA) is 116 Å². The lowest BCUT2D eigenvalue weighted by atomic mass is 10.3. The minimum atomic E-state index is -4.00. The first-order chi connectivity index (χ1) is 13.2. The van der Waals surface area contributed by atoms with Gasteiger partial charge in [-0.05, 0) is 48.5 Å². The summed E-state index contributed by atoms with van der Waals surface area (Å²) in [7, 11) is -7.92. The third-order valence-electron chi connectivity index (χ3n) is 3.65. The summed E-state index contributed by atoms with van der Waals surface area (Å²) in [6.07, 6.45) is 0. The molecule has 3 rings (SSSR count). The van der Waals surface area contributed by atoms with Crippen LogP contribution in [0.3, 0.4) is 0 Å². The van der Waals surface area contributed by atoms with Crippen LogP contribution in [0.25, 0.3) is 0 Å². The number of hydrogen-bond donors (Lipinski definition) is 2. The highest BCUT2D eigenvalue weighted by molar-refractivity contribution is 7.92. The Morgan fingerprint density at radius 1 is 0.750 bits per heavy atom. The molecular formula is C18H15ClN2O5S2. The first kappa shape index (κ1) is 20.2. The molecule has 0 saturated carbocycles. The number of ether oxygens (including phenoxy) is 1. The van der Waals surface area contributed by atoms with Crippen LogP contribution in [0.2, 0.25) is 5.02 Å². The third-order valence-corrected chi connectivity index (χ3v) is 6.27. The minimum Gasteiger partial charge on any atom is -0.454 e. The van der Waals surface area contributed by atoms with Gasteiger partial charge in [-0.15, -0.1) is 0 Å². The lowest BCUT2D eigenvalue weighted by molar-refractivity contribution is 0.485. The van der Waals surface area contributed by atoms with Gasteiger partial charge in [-0.25, -0.2) is 22.0 Å². The zero-order valence-corrected chi connectivity index (χ0v) is 16.6. The number of para-hydroxylation sites is 3. The van der Waals surface area contributed by atoms with E-state index in [1.165, 1.54) is 6.07 Å². The molecule has 0 spiro atoms. The molecule has 10 heteroatoms.